The van der Waals surface area contributed by atoms with E-state index in [0.717, 1.165) is 40.1 Å². The number of aromatic nitrogens is 3. The Morgan fingerprint density at radius 1 is 1.43 bits per heavy atom. The third-order valence-corrected chi connectivity index (χ3v) is 4.89. The summed E-state index contributed by atoms with van der Waals surface area (Å²) in [5.41, 5.74) is 1.09. The number of benzene rings is 1. The molecule has 1 atom stereocenters. The Morgan fingerprint density at radius 3 is 2.83 bits per heavy atom. The van der Waals surface area contributed by atoms with Crippen LogP contribution in [0.5, 0.6) is 5.75 Å². The van der Waals surface area contributed by atoms with Crippen LogP contribution in [-0.4, -0.2) is 28.5 Å². The van der Waals surface area contributed by atoms with Crippen LogP contribution in [0, 0.1) is 4.77 Å². The highest BCUT2D eigenvalue weighted by molar-refractivity contribution is 7.71. The predicted molar refractivity (Wildman–Crippen MR) is 92.6 cm³/mol. The van der Waals surface area contributed by atoms with Crippen molar-refractivity contribution in [1.82, 2.24) is 14.3 Å². The number of quaternary nitrogens is 1. The zero-order valence-electron chi connectivity index (χ0n) is 13.7. The number of nitrogens with zero attached hydrogens (tertiary/aromatic N) is 3. The van der Waals surface area contributed by atoms with E-state index >= 15 is 0 Å². The number of hydrogen-bond donors (Lipinski definition) is 1. The summed E-state index contributed by atoms with van der Waals surface area (Å²) < 4.78 is 10.2. The van der Waals surface area contributed by atoms with Gasteiger partial charge in [-0.1, -0.05) is 11.6 Å². The quantitative estimate of drug-likeness (QED) is 0.808. The summed E-state index contributed by atoms with van der Waals surface area (Å²) in [5, 5.41) is 5.43. The molecule has 7 heteroatoms. The molecule has 1 saturated carbocycles. The van der Waals surface area contributed by atoms with Gasteiger partial charge in [0, 0.05) is 23.6 Å². The number of hydrogen-bond acceptors (Lipinski definition) is 3. The van der Waals surface area contributed by atoms with Crippen LogP contribution in [0.1, 0.15) is 30.1 Å². The highest BCUT2D eigenvalue weighted by Crippen LogP contribution is 2.38. The van der Waals surface area contributed by atoms with Crippen molar-refractivity contribution in [2.24, 2.45) is 7.05 Å². The molecular formula is C16H22ClN4OS+. The molecule has 23 heavy (non-hydrogen) atoms. The van der Waals surface area contributed by atoms with E-state index in [0.29, 0.717) is 5.92 Å². The van der Waals surface area contributed by atoms with Crippen LogP contribution in [0.2, 0.25) is 5.02 Å². The van der Waals surface area contributed by atoms with E-state index in [1.165, 1.54) is 17.7 Å². The fourth-order valence-corrected chi connectivity index (χ4v) is 3.22. The van der Waals surface area contributed by atoms with Crippen LogP contribution in [0.3, 0.4) is 0 Å². The minimum Gasteiger partial charge on any atom is -0.496 e. The second kappa shape index (κ2) is 6.63. The molecule has 1 aliphatic rings. The van der Waals surface area contributed by atoms with Crippen molar-refractivity contribution in [3.8, 4) is 5.75 Å². The second-order valence-corrected chi connectivity index (χ2v) is 7.02. The second-order valence-electron chi connectivity index (χ2n) is 6.22. The van der Waals surface area contributed by atoms with Gasteiger partial charge in [0.2, 0.25) is 4.77 Å². The van der Waals surface area contributed by atoms with Gasteiger partial charge in [0.1, 0.15) is 18.1 Å². The Morgan fingerprint density at radius 2 is 2.17 bits per heavy atom. The zero-order valence-corrected chi connectivity index (χ0v) is 15.2. The van der Waals surface area contributed by atoms with Crippen molar-refractivity contribution in [3.63, 3.8) is 0 Å². The van der Waals surface area contributed by atoms with E-state index in [1.54, 1.807) is 7.11 Å². The summed E-state index contributed by atoms with van der Waals surface area (Å²) in [6, 6.07) is 5.70. The smallest absolute Gasteiger partial charge is 0.202 e. The Kier molecular flexibility index (Phi) is 4.75. The highest BCUT2D eigenvalue weighted by Gasteiger charge is 2.29. The lowest BCUT2D eigenvalue weighted by atomic mass is 10.2. The van der Waals surface area contributed by atoms with E-state index in [1.807, 2.05) is 34.5 Å². The van der Waals surface area contributed by atoms with Gasteiger partial charge < -0.3 is 14.2 Å². The van der Waals surface area contributed by atoms with Gasteiger partial charge in [-0.3, -0.25) is 0 Å². The van der Waals surface area contributed by atoms with Crippen molar-refractivity contribution in [3.05, 3.63) is 39.4 Å². The molecule has 1 aromatic heterocycles. The van der Waals surface area contributed by atoms with Crippen LogP contribution in [0.4, 0.5) is 0 Å². The molecule has 1 aliphatic carbocycles. The van der Waals surface area contributed by atoms with Gasteiger partial charge in [-0.05, 0) is 43.3 Å². The zero-order chi connectivity index (χ0) is 16.6. The number of halogens is 1. The molecule has 1 heterocycles. The average molecular weight is 354 g/mol. The summed E-state index contributed by atoms with van der Waals surface area (Å²) in [6.07, 6.45) is 2.45. The first-order valence-corrected chi connectivity index (χ1v) is 8.55. The Hall–Kier alpha value is -1.37. The van der Waals surface area contributed by atoms with Crippen molar-refractivity contribution < 1.29 is 9.64 Å². The third kappa shape index (κ3) is 3.59. The van der Waals surface area contributed by atoms with E-state index in [2.05, 4.69) is 7.05 Å². The third-order valence-electron chi connectivity index (χ3n) is 4.17. The maximum atomic E-state index is 6.11. The van der Waals surface area contributed by atoms with Crippen LogP contribution >= 0.6 is 23.8 Å². The van der Waals surface area contributed by atoms with Gasteiger partial charge in [0.05, 0.1) is 14.2 Å². The van der Waals surface area contributed by atoms with E-state index in [-0.39, 0.29) is 0 Å². The minimum absolute atomic E-state index is 0.594. The number of rotatable bonds is 6. The molecule has 3 rings (SSSR count). The summed E-state index contributed by atoms with van der Waals surface area (Å²) in [6.45, 7) is 1.51. The molecule has 0 amide bonds. The first kappa shape index (κ1) is 16.5. The average Bonchev–Trinajstić information content (AvgIpc) is 3.31. The lowest BCUT2D eigenvalue weighted by molar-refractivity contribution is -0.917. The summed E-state index contributed by atoms with van der Waals surface area (Å²) in [7, 11) is 5.81. The molecule has 124 valence electrons. The van der Waals surface area contributed by atoms with Gasteiger partial charge >= 0.3 is 0 Å². The van der Waals surface area contributed by atoms with E-state index in [9.17, 15) is 0 Å². The highest BCUT2D eigenvalue weighted by atomic mass is 35.5. The maximum absolute atomic E-state index is 6.11. The number of nitrogens with one attached hydrogen (secondary N) is 1. The normalized spacial score (nSPS) is 15.7. The molecule has 5 nitrogen and oxygen atoms in total. The van der Waals surface area contributed by atoms with Crippen molar-refractivity contribution >= 4 is 23.8 Å². The van der Waals surface area contributed by atoms with Crippen LogP contribution in [-0.2, 0) is 20.3 Å². The van der Waals surface area contributed by atoms with Crippen molar-refractivity contribution in [2.45, 2.75) is 32.0 Å². The standard InChI is InChI=1S/C16H21ClN4OS/c1-19(9-12-8-13(17)6-7-14(12)22-3)10-21-16(23)20(2)15(18-21)11-4-5-11/h6-8,11H,4-5,9-10H2,1-3H3/p+1. The van der Waals surface area contributed by atoms with E-state index in [4.69, 9.17) is 33.7 Å². The Labute approximate surface area is 146 Å². The molecule has 0 aliphatic heterocycles. The molecule has 0 saturated heterocycles. The SMILES string of the molecule is COc1ccc(Cl)cc1C[NH+](C)Cn1nc(C2CC2)n(C)c1=S. The predicted octanol–water partition coefficient (Wildman–Crippen LogP) is 2.16. The maximum Gasteiger partial charge on any atom is 0.202 e. The van der Waals surface area contributed by atoms with Crippen LogP contribution in [0.15, 0.2) is 18.2 Å². The molecule has 0 spiro atoms. The minimum atomic E-state index is 0.594. The monoisotopic (exact) mass is 353 g/mol. The Bertz CT molecular complexity index is 766. The largest absolute Gasteiger partial charge is 0.496 e. The summed E-state index contributed by atoms with van der Waals surface area (Å²) in [4.78, 5) is 1.27. The summed E-state index contributed by atoms with van der Waals surface area (Å²) in [5.74, 6) is 2.57. The first-order valence-electron chi connectivity index (χ1n) is 7.77. The van der Waals surface area contributed by atoms with Gasteiger partial charge in [-0.25, -0.2) is 0 Å². The van der Waals surface area contributed by atoms with Crippen molar-refractivity contribution in [2.75, 3.05) is 14.2 Å². The van der Waals surface area contributed by atoms with Crippen molar-refractivity contribution in [1.29, 1.82) is 0 Å². The molecular weight excluding hydrogens is 332 g/mol. The topological polar surface area (TPSA) is 36.4 Å². The molecule has 0 bridgehead atoms. The summed E-state index contributed by atoms with van der Waals surface area (Å²) >= 11 is 11.6. The van der Waals surface area contributed by atoms with E-state index < -0.39 is 0 Å². The van der Waals surface area contributed by atoms with Gasteiger partial charge in [-0.15, -0.1) is 0 Å². The number of methoxy groups -OCH3 is 1. The van der Waals surface area contributed by atoms with Gasteiger partial charge in [0.25, 0.3) is 0 Å². The van der Waals surface area contributed by atoms with Gasteiger partial charge in [0.15, 0.2) is 6.67 Å². The molecule has 0 radical (unpaired) electrons. The van der Waals surface area contributed by atoms with Gasteiger partial charge in [-0.2, -0.15) is 9.78 Å². The molecule has 1 unspecified atom stereocenters. The molecule has 1 aromatic carbocycles. The molecule has 2 aromatic rings. The first-order chi connectivity index (χ1) is 11.0. The fourth-order valence-electron chi connectivity index (χ4n) is 2.83. The Balaban J connectivity index is 1.75. The lowest BCUT2D eigenvalue weighted by Crippen LogP contribution is -3.07. The number of ether oxygens (including phenoxy) is 1. The van der Waals surface area contributed by atoms with Crippen LogP contribution < -0.4 is 9.64 Å². The molecule has 1 N–H and O–H groups in total. The molecule has 1 fully saturated rings. The fraction of sp³-hybridized carbons (Fsp3) is 0.500. The lowest BCUT2D eigenvalue weighted by Gasteiger charge is -2.16. The van der Waals surface area contributed by atoms with Crippen LogP contribution in [0.25, 0.3) is 0 Å².